The predicted molar refractivity (Wildman–Crippen MR) is 86.6 cm³/mol. The van der Waals surface area contributed by atoms with Crippen molar-refractivity contribution in [3.63, 3.8) is 0 Å². The maximum absolute atomic E-state index is 12.5. The van der Waals surface area contributed by atoms with Gasteiger partial charge in [0.2, 0.25) is 10.0 Å². The van der Waals surface area contributed by atoms with Gasteiger partial charge >= 0.3 is 6.61 Å². The number of rotatable bonds is 8. The van der Waals surface area contributed by atoms with Crippen LogP contribution in [0.5, 0.6) is 17.2 Å². The lowest BCUT2D eigenvalue weighted by Gasteiger charge is -2.12. The van der Waals surface area contributed by atoms with Crippen LogP contribution in [0.3, 0.4) is 0 Å². The van der Waals surface area contributed by atoms with Gasteiger partial charge in [0.15, 0.2) is 0 Å². The lowest BCUT2D eigenvalue weighted by atomic mass is 10.2. The first kappa shape index (κ1) is 18.9. The highest BCUT2D eigenvalue weighted by Gasteiger charge is 2.20. The molecule has 1 N–H and O–H groups in total. The molecule has 136 valence electrons. The van der Waals surface area contributed by atoms with Gasteiger partial charge in [0.25, 0.3) is 0 Å². The maximum atomic E-state index is 12.5. The highest BCUT2D eigenvalue weighted by Crippen LogP contribution is 2.28. The number of sulfonamides is 1. The zero-order valence-electron chi connectivity index (χ0n) is 13.5. The molecule has 0 heterocycles. The van der Waals surface area contributed by atoms with Gasteiger partial charge in [-0.3, -0.25) is 0 Å². The fraction of sp³-hybridized carbons (Fsp3) is 0.250. The summed E-state index contributed by atoms with van der Waals surface area (Å²) in [7, 11) is -1.08. The molecule has 0 saturated heterocycles. The highest BCUT2D eigenvalue weighted by atomic mass is 32.2. The molecule has 0 bridgehead atoms. The Labute approximate surface area is 144 Å². The van der Waals surface area contributed by atoms with Crippen molar-refractivity contribution in [2.45, 2.75) is 18.1 Å². The Morgan fingerprint density at radius 3 is 2.20 bits per heavy atom. The molecule has 0 aromatic heterocycles. The lowest BCUT2D eigenvalue weighted by Crippen LogP contribution is -2.23. The van der Waals surface area contributed by atoms with Crippen LogP contribution in [0.4, 0.5) is 8.78 Å². The zero-order valence-corrected chi connectivity index (χ0v) is 14.3. The molecule has 0 aliphatic carbocycles. The van der Waals surface area contributed by atoms with Crippen molar-refractivity contribution in [3.8, 4) is 17.2 Å². The van der Waals surface area contributed by atoms with Crippen molar-refractivity contribution in [2.24, 2.45) is 0 Å². The number of halogens is 2. The number of ether oxygens (including phenoxy) is 3. The molecule has 6 nitrogen and oxygen atoms in total. The summed E-state index contributed by atoms with van der Waals surface area (Å²) in [5.41, 5.74) is 0.576. The molecule has 9 heteroatoms. The third-order valence-corrected chi connectivity index (χ3v) is 4.70. The summed E-state index contributed by atoms with van der Waals surface area (Å²) in [5, 5.41) is 0. The molecule has 25 heavy (non-hydrogen) atoms. The molecule has 0 aliphatic rings. The summed E-state index contributed by atoms with van der Waals surface area (Å²) in [6.45, 7) is -2.94. The highest BCUT2D eigenvalue weighted by molar-refractivity contribution is 7.89. The summed E-state index contributed by atoms with van der Waals surface area (Å²) < 4.78 is 66.0. The van der Waals surface area contributed by atoms with Crippen molar-refractivity contribution in [3.05, 3.63) is 48.0 Å². The summed E-state index contributed by atoms with van der Waals surface area (Å²) in [6, 6.07) is 10.1. The monoisotopic (exact) mass is 373 g/mol. The fourth-order valence-electron chi connectivity index (χ4n) is 2.04. The smallest absolute Gasteiger partial charge is 0.387 e. The summed E-state index contributed by atoms with van der Waals surface area (Å²) in [6.07, 6.45) is 0. The molecule has 0 amide bonds. The van der Waals surface area contributed by atoms with E-state index in [1.807, 2.05) is 0 Å². The summed E-state index contributed by atoms with van der Waals surface area (Å²) >= 11 is 0. The summed E-state index contributed by atoms with van der Waals surface area (Å²) in [4.78, 5) is -0.0630. The lowest BCUT2D eigenvalue weighted by molar-refractivity contribution is -0.0498. The van der Waals surface area contributed by atoms with E-state index in [2.05, 4.69) is 9.46 Å². The Bertz CT molecular complexity index is 810. The molecule has 2 aromatic rings. The van der Waals surface area contributed by atoms with Crippen LogP contribution in [0.2, 0.25) is 0 Å². The van der Waals surface area contributed by atoms with E-state index in [-0.39, 0.29) is 22.9 Å². The van der Waals surface area contributed by atoms with Crippen molar-refractivity contribution in [2.75, 3.05) is 14.2 Å². The van der Waals surface area contributed by atoms with Gasteiger partial charge in [-0.2, -0.15) is 8.78 Å². The van der Waals surface area contributed by atoms with Crippen LogP contribution >= 0.6 is 0 Å². The number of benzene rings is 2. The van der Waals surface area contributed by atoms with Gasteiger partial charge in [-0.1, -0.05) is 12.1 Å². The van der Waals surface area contributed by atoms with Gasteiger partial charge in [-0.15, -0.1) is 0 Å². The largest absolute Gasteiger partial charge is 0.497 e. The first-order valence-electron chi connectivity index (χ1n) is 7.11. The molecule has 0 fully saturated rings. The van der Waals surface area contributed by atoms with Crippen molar-refractivity contribution in [1.82, 2.24) is 4.72 Å². The third-order valence-electron chi connectivity index (χ3n) is 3.28. The maximum Gasteiger partial charge on any atom is 0.387 e. The van der Waals surface area contributed by atoms with E-state index in [0.29, 0.717) is 11.3 Å². The average Bonchev–Trinajstić information content (AvgIpc) is 2.60. The minimum Gasteiger partial charge on any atom is -0.497 e. The first-order chi connectivity index (χ1) is 11.9. The van der Waals surface area contributed by atoms with Crippen LogP contribution in [-0.2, 0) is 16.6 Å². The van der Waals surface area contributed by atoms with Crippen LogP contribution in [0, 0.1) is 0 Å². The Morgan fingerprint density at radius 2 is 1.64 bits per heavy atom. The van der Waals surface area contributed by atoms with Gasteiger partial charge in [0.05, 0.1) is 14.2 Å². The number of alkyl halides is 2. The van der Waals surface area contributed by atoms with E-state index in [0.717, 1.165) is 0 Å². The summed E-state index contributed by atoms with van der Waals surface area (Å²) in [5.74, 6) is 0.541. The van der Waals surface area contributed by atoms with Gasteiger partial charge in [-0.05, 0) is 29.8 Å². The van der Waals surface area contributed by atoms with Crippen LogP contribution in [0.25, 0.3) is 0 Å². The minimum atomic E-state index is -3.87. The number of hydrogen-bond acceptors (Lipinski definition) is 5. The van der Waals surface area contributed by atoms with Crippen LogP contribution in [0.1, 0.15) is 5.56 Å². The van der Waals surface area contributed by atoms with Gasteiger partial charge < -0.3 is 14.2 Å². The Hall–Kier alpha value is -2.39. The molecule has 0 saturated carbocycles. The zero-order chi connectivity index (χ0) is 18.4. The molecular formula is C16H17F2NO5S. The molecule has 0 atom stereocenters. The fourth-order valence-corrected chi connectivity index (χ4v) is 3.24. The van der Waals surface area contributed by atoms with E-state index in [9.17, 15) is 17.2 Å². The van der Waals surface area contributed by atoms with E-state index < -0.39 is 16.6 Å². The molecular weight excluding hydrogens is 356 g/mol. The molecule has 0 radical (unpaired) electrons. The molecule has 2 aromatic carbocycles. The second-order valence-corrected chi connectivity index (χ2v) is 6.60. The number of nitrogens with one attached hydrogen (secondary N) is 1. The van der Waals surface area contributed by atoms with Crippen molar-refractivity contribution >= 4 is 10.0 Å². The Morgan fingerprint density at radius 1 is 1.00 bits per heavy atom. The van der Waals surface area contributed by atoms with Crippen molar-refractivity contribution < 1.29 is 31.4 Å². The van der Waals surface area contributed by atoms with Crippen LogP contribution in [0.15, 0.2) is 47.4 Å². The van der Waals surface area contributed by atoms with Crippen LogP contribution in [-0.4, -0.2) is 29.2 Å². The topological polar surface area (TPSA) is 73.9 Å². The minimum absolute atomic E-state index is 0.00364. The Kier molecular flexibility index (Phi) is 6.16. The first-order valence-corrected chi connectivity index (χ1v) is 8.59. The Balaban J connectivity index is 2.14. The second kappa shape index (κ2) is 8.13. The molecule has 0 unspecified atom stereocenters. The van der Waals surface area contributed by atoms with E-state index in [1.165, 1.54) is 50.6 Å². The van der Waals surface area contributed by atoms with E-state index in [4.69, 9.17) is 9.47 Å². The number of methoxy groups -OCH3 is 2. The standard InChI is InChI=1S/C16H17F2NO5S/c1-22-13-7-8-14(23-2)15(9-13)25(20,21)19-10-11-3-5-12(6-4-11)24-16(17)18/h3-9,16,19H,10H2,1-2H3. The third kappa shape index (κ3) is 5.04. The van der Waals surface area contributed by atoms with E-state index in [1.54, 1.807) is 6.07 Å². The quantitative estimate of drug-likeness (QED) is 0.770. The predicted octanol–water partition coefficient (Wildman–Crippen LogP) is 2.78. The number of hydrogen-bond donors (Lipinski definition) is 1. The van der Waals surface area contributed by atoms with Gasteiger partial charge in [0, 0.05) is 12.6 Å². The van der Waals surface area contributed by atoms with Crippen molar-refractivity contribution in [1.29, 1.82) is 0 Å². The van der Waals surface area contributed by atoms with Crippen LogP contribution < -0.4 is 18.9 Å². The molecule has 2 rings (SSSR count). The average molecular weight is 373 g/mol. The molecule has 0 aliphatic heterocycles. The van der Waals surface area contributed by atoms with Gasteiger partial charge in [0.1, 0.15) is 22.1 Å². The SMILES string of the molecule is COc1ccc(OC)c(S(=O)(=O)NCc2ccc(OC(F)F)cc2)c1. The van der Waals surface area contributed by atoms with E-state index >= 15 is 0 Å². The van der Waals surface area contributed by atoms with Gasteiger partial charge in [-0.25, -0.2) is 13.1 Å². The second-order valence-electron chi connectivity index (χ2n) is 4.86. The molecule has 0 spiro atoms. The normalized spacial score (nSPS) is 11.4.